The zero-order valence-corrected chi connectivity index (χ0v) is 25.4. The lowest BCUT2D eigenvalue weighted by Crippen LogP contribution is -2.47. The molecule has 8 nitrogen and oxygen atoms in total. The predicted molar refractivity (Wildman–Crippen MR) is 166 cm³/mol. The van der Waals surface area contributed by atoms with Crippen LogP contribution in [0.2, 0.25) is 0 Å². The Hall–Kier alpha value is -4.84. The van der Waals surface area contributed by atoms with Gasteiger partial charge in [0.1, 0.15) is 11.8 Å². The molecule has 0 spiro atoms. The van der Waals surface area contributed by atoms with Crippen molar-refractivity contribution < 1.29 is 41.0 Å². The third-order valence-electron chi connectivity index (χ3n) is 7.58. The maximum absolute atomic E-state index is 14.0. The lowest BCUT2D eigenvalue weighted by Gasteiger charge is -2.26. The van der Waals surface area contributed by atoms with Crippen LogP contribution in [0.25, 0.3) is 11.1 Å². The second-order valence-electron chi connectivity index (χ2n) is 10.8. The summed E-state index contributed by atoms with van der Waals surface area (Å²) in [4.78, 5) is 24.1. The highest BCUT2D eigenvalue weighted by Crippen LogP contribution is 2.38. The highest BCUT2D eigenvalue weighted by Gasteiger charge is 2.42. The fourth-order valence-electron chi connectivity index (χ4n) is 5.28. The Bertz CT molecular complexity index is 1830. The third kappa shape index (κ3) is 7.51. The number of rotatable bonds is 12. The molecule has 0 aromatic heterocycles. The minimum Gasteiger partial charge on any atom is -0.494 e. The average molecular weight is 653 g/mol. The molecule has 1 atom stereocenters. The molecule has 12 heteroatoms. The monoisotopic (exact) mass is 652 g/mol. The van der Waals surface area contributed by atoms with Crippen LogP contribution in [0.1, 0.15) is 36.0 Å². The van der Waals surface area contributed by atoms with Gasteiger partial charge >= 0.3 is 12.1 Å². The van der Waals surface area contributed by atoms with Crippen molar-refractivity contribution >= 4 is 27.6 Å². The van der Waals surface area contributed by atoms with Crippen LogP contribution in [-0.2, 0) is 38.8 Å². The summed E-state index contributed by atoms with van der Waals surface area (Å²) < 4.78 is 74.5. The Labute approximate surface area is 264 Å². The summed E-state index contributed by atoms with van der Waals surface area (Å²) in [6, 6.07) is 23.2. The van der Waals surface area contributed by atoms with Crippen molar-refractivity contribution in [2.24, 2.45) is 0 Å². The van der Waals surface area contributed by atoms with Crippen LogP contribution in [0.3, 0.4) is 0 Å². The molecule has 240 valence electrons. The number of alkyl halides is 3. The lowest BCUT2D eigenvalue weighted by molar-refractivity contribution is -0.138. The van der Waals surface area contributed by atoms with Gasteiger partial charge in [-0.25, -0.2) is 8.42 Å². The number of halogens is 3. The van der Waals surface area contributed by atoms with Gasteiger partial charge < -0.3 is 15.2 Å². The van der Waals surface area contributed by atoms with E-state index in [0.29, 0.717) is 42.0 Å². The number of sulfonamides is 1. The molecule has 0 radical (unpaired) electrons. The highest BCUT2D eigenvalue weighted by atomic mass is 32.2. The van der Waals surface area contributed by atoms with E-state index >= 15 is 0 Å². The van der Waals surface area contributed by atoms with E-state index in [1.807, 2.05) is 0 Å². The zero-order chi connectivity index (χ0) is 32.9. The smallest absolute Gasteiger partial charge is 0.416 e. The van der Waals surface area contributed by atoms with E-state index < -0.39 is 39.7 Å². The maximum Gasteiger partial charge on any atom is 0.416 e. The Morgan fingerprint density at radius 1 is 0.891 bits per heavy atom. The van der Waals surface area contributed by atoms with Crippen LogP contribution in [0.15, 0.2) is 102 Å². The van der Waals surface area contributed by atoms with E-state index in [1.165, 1.54) is 36.4 Å². The van der Waals surface area contributed by atoms with Gasteiger partial charge in [-0.15, -0.1) is 0 Å². The van der Waals surface area contributed by atoms with Crippen molar-refractivity contribution in [2.45, 2.75) is 49.3 Å². The fourth-order valence-corrected chi connectivity index (χ4v) is 6.93. The standard InChI is InChI=1S/C34H31F3N2O6S/c35-34(36,37)27-10-6-9-25(20-27)24-14-16-29(17-15-24)46(43,44)39-30-12-2-1-8-26(30)21-31(39)33(42)38-22-23-7-5-11-28(19-23)45-18-4-3-13-32(40)41/h1-2,5-12,14-17,19-20,31H,3-4,13,18,21-22H2,(H,38,42)(H,40,41)/t31-/m0/s1. The quantitative estimate of drug-likeness (QED) is 0.170. The van der Waals surface area contributed by atoms with Crippen molar-refractivity contribution in [1.29, 1.82) is 0 Å². The number of hydrogen-bond donors (Lipinski definition) is 2. The molecule has 1 heterocycles. The number of unbranched alkanes of at least 4 members (excludes halogenated alkanes) is 1. The summed E-state index contributed by atoms with van der Waals surface area (Å²) in [7, 11) is -4.25. The molecule has 0 bridgehead atoms. The van der Waals surface area contributed by atoms with E-state index in [4.69, 9.17) is 9.84 Å². The number of nitrogens with zero attached hydrogens (tertiary/aromatic N) is 1. The van der Waals surface area contributed by atoms with Crippen LogP contribution in [0.4, 0.5) is 18.9 Å². The van der Waals surface area contributed by atoms with Crippen LogP contribution in [0, 0.1) is 0 Å². The molecule has 0 unspecified atom stereocenters. The van der Waals surface area contributed by atoms with Crippen LogP contribution in [-0.4, -0.2) is 38.0 Å². The van der Waals surface area contributed by atoms with Crippen molar-refractivity contribution in [1.82, 2.24) is 5.32 Å². The third-order valence-corrected chi connectivity index (χ3v) is 9.42. The molecule has 5 rings (SSSR count). The number of carboxylic acids is 1. The van der Waals surface area contributed by atoms with Gasteiger partial charge in [-0.05, 0) is 77.6 Å². The number of carbonyl (C=O) groups excluding carboxylic acids is 1. The first-order chi connectivity index (χ1) is 21.9. The van der Waals surface area contributed by atoms with Gasteiger partial charge in [0.05, 0.1) is 22.8 Å². The molecule has 4 aromatic carbocycles. The molecule has 0 fully saturated rings. The van der Waals surface area contributed by atoms with E-state index in [-0.39, 0.29) is 29.8 Å². The molecule has 1 aliphatic heterocycles. The molecule has 2 N–H and O–H groups in total. The van der Waals surface area contributed by atoms with Gasteiger partial charge in [-0.2, -0.15) is 13.2 Å². The normalized spacial score (nSPS) is 14.5. The number of ether oxygens (including phenoxy) is 1. The molecule has 0 saturated carbocycles. The van der Waals surface area contributed by atoms with E-state index in [0.717, 1.165) is 22.0 Å². The second-order valence-corrected chi connectivity index (χ2v) is 12.6. The molecule has 46 heavy (non-hydrogen) atoms. The minimum atomic E-state index is -4.51. The number of fused-ring (bicyclic) bond motifs is 1. The van der Waals surface area contributed by atoms with Crippen molar-refractivity contribution in [2.75, 3.05) is 10.9 Å². The summed E-state index contributed by atoms with van der Waals surface area (Å²) in [5.74, 6) is -0.796. The summed E-state index contributed by atoms with van der Waals surface area (Å²) >= 11 is 0. The first-order valence-electron chi connectivity index (χ1n) is 14.5. The maximum atomic E-state index is 14.0. The average Bonchev–Trinajstić information content (AvgIpc) is 3.44. The van der Waals surface area contributed by atoms with Crippen molar-refractivity contribution in [3.8, 4) is 16.9 Å². The zero-order valence-electron chi connectivity index (χ0n) is 24.5. The molecule has 0 saturated heterocycles. The van der Waals surface area contributed by atoms with Gasteiger partial charge in [0.15, 0.2) is 0 Å². The first kappa shape index (κ1) is 32.6. The number of hydrogen-bond acceptors (Lipinski definition) is 5. The number of carbonyl (C=O) groups is 2. The number of amides is 1. The van der Waals surface area contributed by atoms with Crippen molar-refractivity contribution in [3.63, 3.8) is 0 Å². The van der Waals surface area contributed by atoms with Crippen molar-refractivity contribution in [3.05, 3.63) is 114 Å². The first-order valence-corrected chi connectivity index (χ1v) is 16.0. The largest absolute Gasteiger partial charge is 0.494 e. The minimum absolute atomic E-state index is 0.0678. The number of para-hydroxylation sites is 1. The molecular formula is C34H31F3N2O6S. The van der Waals surface area contributed by atoms with Gasteiger partial charge in [0.25, 0.3) is 10.0 Å². The van der Waals surface area contributed by atoms with E-state index in [1.54, 1.807) is 48.5 Å². The topological polar surface area (TPSA) is 113 Å². The molecule has 1 amide bonds. The Kier molecular flexibility index (Phi) is 9.66. The Balaban J connectivity index is 1.31. The van der Waals surface area contributed by atoms with Gasteiger partial charge in [-0.1, -0.05) is 54.6 Å². The Morgan fingerprint density at radius 2 is 1.63 bits per heavy atom. The molecule has 4 aromatic rings. The summed E-state index contributed by atoms with van der Waals surface area (Å²) in [6.45, 7) is 0.457. The number of anilines is 1. The molecular weight excluding hydrogens is 621 g/mol. The fraction of sp³-hybridized carbons (Fsp3) is 0.235. The number of aliphatic carboxylic acids is 1. The van der Waals surface area contributed by atoms with Crippen LogP contribution < -0.4 is 14.4 Å². The van der Waals surface area contributed by atoms with Crippen LogP contribution in [0.5, 0.6) is 5.75 Å². The Morgan fingerprint density at radius 3 is 2.37 bits per heavy atom. The van der Waals surface area contributed by atoms with Crippen LogP contribution >= 0.6 is 0 Å². The lowest BCUT2D eigenvalue weighted by atomic mass is 10.0. The van der Waals surface area contributed by atoms with Gasteiger partial charge in [0, 0.05) is 19.4 Å². The number of nitrogens with one attached hydrogen (secondary N) is 1. The molecule has 0 aliphatic carbocycles. The SMILES string of the molecule is O=C(O)CCCCOc1cccc(CNC(=O)[C@@H]2Cc3ccccc3N2S(=O)(=O)c2ccc(-c3cccc(C(F)(F)F)c3)cc2)c1. The summed E-state index contributed by atoms with van der Waals surface area (Å²) in [5, 5.41) is 11.6. The summed E-state index contributed by atoms with van der Waals surface area (Å²) in [5.41, 5.74) is 1.68. The summed E-state index contributed by atoms with van der Waals surface area (Å²) in [6.07, 6.45) is -3.22. The highest BCUT2D eigenvalue weighted by molar-refractivity contribution is 7.93. The van der Waals surface area contributed by atoms with E-state index in [2.05, 4.69) is 5.32 Å². The number of carboxylic acid groups (broad SMARTS) is 1. The number of benzene rings is 4. The van der Waals surface area contributed by atoms with Gasteiger partial charge in [-0.3, -0.25) is 13.9 Å². The van der Waals surface area contributed by atoms with Gasteiger partial charge in [0.2, 0.25) is 5.91 Å². The van der Waals surface area contributed by atoms with E-state index in [9.17, 15) is 31.2 Å². The predicted octanol–water partition coefficient (Wildman–Crippen LogP) is 6.44. The molecule has 1 aliphatic rings. The second kappa shape index (κ2) is 13.7.